The fraction of sp³-hybridized carbons (Fsp3) is 0.500. The topological polar surface area (TPSA) is 26.3 Å². The number of esters is 1. The molecule has 17 heavy (non-hydrogen) atoms. The lowest BCUT2D eigenvalue weighted by Gasteiger charge is -2.28. The van der Waals surface area contributed by atoms with Crippen molar-refractivity contribution < 1.29 is 13.9 Å². The highest BCUT2D eigenvalue weighted by Crippen LogP contribution is 2.44. The summed E-state index contributed by atoms with van der Waals surface area (Å²) in [6, 6.07) is 8.64. The van der Waals surface area contributed by atoms with E-state index in [1.807, 2.05) is 6.07 Å². The van der Waals surface area contributed by atoms with Crippen LogP contribution in [0.5, 0.6) is 0 Å². The van der Waals surface area contributed by atoms with Crippen LogP contribution in [0.25, 0.3) is 0 Å². The molecule has 1 aromatic rings. The van der Waals surface area contributed by atoms with Gasteiger partial charge in [-0.3, -0.25) is 0 Å². The number of carbonyl (C=O) groups is 1. The fourth-order valence-electron chi connectivity index (χ4n) is 2.67. The van der Waals surface area contributed by atoms with Gasteiger partial charge in [0.1, 0.15) is 0 Å². The summed E-state index contributed by atoms with van der Waals surface area (Å²) in [4.78, 5) is 11.8. The second kappa shape index (κ2) is 4.86. The van der Waals surface area contributed by atoms with E-state index in [0.29, 0.717) is 5.56 Å². The Labute approximate surface area is 101 Å². The Kier molecular flexibility index (Phi) is 3.46. The van der Waals surface area contributed by atoms with Gasteiger partial charge in [-0.1, -0.05) is 43.2 Å². The van der Waals surface area contributed by atoms with Gasteiger partial charge in [-0.25, -0.2) is 9.18 Å². The van der Waals surface area contributed by atoms with Crippen molar-refractivity contribution in [1.82, 2.24) is 0 Å². The van der Waals surface area contributed by atoms with Crippen LogP contribution in [0.2, 0.25) is 0 Å². The molecule has 0 heterocycles. The summed E-state index contributed by atoms with van der Waals surface area (Å²) in [6.45, 7) is 0. The van der Waals surface area contributed by atoms with Crippen LogP contribution in [0.4, 0.5) is 4.39 Å². The van der Waals surface area contributed by atoms with Crippen LogP contribution in [0.15, 0.2) is 30.3 Å². The molecule has 1 aromatic carbocycles. The van der Waals surface area contributed by atoms with Crippen molar-refractivity contribution >= 4 is 5.97 Å². The average molecular weight is 236 g/mol. The lowest BCUT2D eigenvalue weighted by atomic mass is 9.82. The van der Waals surface area contributed by atoms with Gasteiger partial charge in [0.05, 0.1) is 7.11 Å². The second-order valence-corrected chi connectivity index (χ2v) is 4.55. The first-order valence-corrected chi connectivity index (χ1v) is 6.02. The minimum atomic E-state index is -1.98. The van der Waals surface area contributed by atoms with Crippen molar-refractivity contribution in [2.24, 2.45) is 5.92 Å². The van der Waals surface area contributed by atoms with Crippen molar-refractivity contribution in [2.75, 3.05) is 7.11 Å². The van der Waals surface area contributed by atoms with Gasteiger partial charge in [-0.15, -0.1) is 0 Å². The number of alkyl halides is 1. The summed E-state index contributed by atoms with van der Waals surface area (Å²) < 4.78 is 19.8. The van der Waals surface area contributed by atoms with E-state index in [1.54, 1.807) is 24.3 Å². The Balaban J connectivity index is 2.39. The third-order valence-electron chi connectivity index (χ3n) is 3.59. The zero-order valence-electron chi connectivity index (χ0n) is 9.99. The number of ether oxygens (including phenoxy) is 1. The van der Waals surface area contributed by atoms with E-state index in [1.165, 1.54) is 7.11 Å². The zero-order chi connectivity index (χ0) is 12.3. The molecule has 0 amide bonds. The molecular weight excluding hydrogens is 219 g/mol. The quantitative estimate of drug-likeness (QED) is 0.753. The highest BCUT2D eigenvalue weighted by atomic mass is 19.1. The summed E-state index contributed by atoms with van der Waals surface area (Å²) in [5, 5.41) is 0. The van der Waals surface area contributed by atoms with Gasteiger partial charge in [-0.2, -0.15) is 0 Å². The maximum atomic E-state index is 15.1. The lowest BCUT2D eigenvalue weighted by Crippen LogP contribution is -2.38. The van der Waals surface area contributed by atoms with E-state index in [9.17, 15) is 4.79 Å². The van der Waals surface area contributed by atoms with Crippen LogP contribution in [-0.2, 0) is 15.2 Å². The maximum Gasteiger partial charge on any atom is 0.348 e. The van der Waals surface area contributed by atoms with Crippen molar-refractivity contribution in [1.29, 1.82) is 0 Å². The minimum Gasteiger partial charge on any atom is -0.466 e. The Morgan fingerprint density at radius 2 is 1.88 bits per heavy atom. The van der Waals surface area contributed by atoms with Gasteiger partial charge < -0.3 is 4.74 Å². The third-order valence-corrected chi connectivity index (χ3v) is 3.59. The third kappa shape index (κ3) is 2.06. The molecular formula is C14H17FO2. The number of halogens is 1. The molecule has 0 aromatic heterocycles. The van der Waals surface area contributed by atoms with Gasteiger partial charge in [0.15, 0.2) is 0 Å². The van der Waals surface area contributed by atoms with Crippen molar-refractivity contribution in [3.8, 4) is 0 Å². The van der Waals surface area contributed by atoms with Gasteiger partial charge >= 0.3 is 5.97 Å². The number of methoxy groups -OCH3 is 1. The normalized spacial score (nSPS) is 19.9. The monoisotopic (exact) mass is 236 g/mol. The predicted octanol–water partition coefficient (Wildman–Crippen LogP) is 3.21. The molecule has 1 saturated carbocycles. The van der Waals surface area contributed by atoms with E-state index in [-0.39, 0.29) is 5.92 Å². The van der Waals surface area contributed by atoms with E-state index >= 15 is 4.39 Å². The van der Waals surface area contributed by atoms with E-state index in [2.05, 4.69) is 4.74 Å². The van der Waals surface area contributed by atoms with Crippen LogP contribution < -0.4 is 0 Å². The van der Waals surface area contributed by atoms with E-state index in [4.69, 9.17) is 0 Å². The Hall–Kier alpha value is -1.38. The molecule has 0 bridgehead atoms. The van der Waals surface area contributed by atoms with Gasteiger partial charge in [-0.05, 0) is 12.8 Å². The molecule has 1 atom stereocenters. The largest absolute Gasteiger partial charge is 0.466 e. The minimum absolute atomic E-state index is 0.252. The summed E-state index contributed by atoms with van der Waals surface area (Å²) in [6.07, 6.45) is 3.47. The Morgan fingerprint density at radius 3 is 2.41 bits per heavy atom. The molecule has 92 valence electrons. The smallest absolute Gasteiger partial charge is 0.348 e. The van der Waals surface area contributed by atoms with Crippen molar-refractivity contribution in [3.05, 3.63) is 35.9 Å². The molecule has 0 saturated heterocycles. The Morgan fingerprint density at radius 1 is 1.29 bits per heavy atom. The summed E-state index contributed by atoms with van der Waals surface area (Å²) >= 11 is 0. The molecule has 1 aliphatic carbocycles. The second-order valence-electron chi connectivity index (χ2n) is 4.55. The zero-order valence-corrected chi connectivity index (χ0v) is 9.99. The molecule has 1 fully saturated rings. The lowest BCUT2D eigenvalue weighted by molar-refractivity contribution is -0.160. The standard InChI is InChI=1S/C14H17FO2/c1-17-13(16)14(15,12-9-5-6-10-12)11-7-3-2-4-8-11/h2-4,7-8,12H,5-6,9-10H2,1H3. The van der Waals surface area contributed by atoms with Crippen molar-refractivity contribution in [2.45, 2.75) is 31.4 Å². The molecule has 2 rings (SSSR count). The van der Waals surface area contributed by atoms with Crippen molar-refractivity contribution in [3.63, 3.8) is 0 Å². The number of hydrogen-bond donors (Lipinski definition) is 0. The molecule has 0 aliphatic heterocycles. The Bertz CT molecular complexity index is 384. The molecule has 0 N–H and O–H groups in total. The number of benzene rings is 1. The SMILES string of the molecule is COC(=O)C(F)(c1ccccc1)C1CCCC1. The molecule has 1 unspecified atom stereocenters. The highest BCUT2D eigenvalue weighted by Gasteiger charge is 2.49. The van der Waals surface area contributed by atoms with Crippen LogP contribution in [0, 0.1) is 5.92 Å². The summed E-state index contributed by atoms with van der Waals surface area (Å²) in [5.41, 5.74) is -1.56. The first kappa shape index (κ1) is 12.1. The predicted molar refractivity (Wildman–Crippen MR) is 63.2 cm³/mol. The molecule has 0 spiro atoms. The summed E-state index contributed by atoms with van der Waals surface area (Å²) in [5.74, 6) is -1.02. The average Bonchev–Trinajstić information content (AvgIpc) is 2.92. The molecule has 0 radical (unpaired) electrons. The van der Waals surface area contributed by atoms with Crippen LogP contribution >= 0.6 is 0 Å². The van der Waals surface area contributed by atoms with Crippen LogP contribution in [-0.4, -0.2) is 13.1 Å². The fourth-order valence-corrected chi connectivity index (χ4v) is 2.67. The first-order chi connectivity index (χ1) is 8.19. The highest BCUT2D eigenvalue weighted by molar-refractivity contribution is 5.81. The van der Waals surface area contributed by atoms with E-state index in [0.717, 1.165) is 25.7 Å². The van der Waals surface area contributed by atoms with Gasteiger partial charge in [0.25, 0.3) is 0 Å². The maximum absolute atomic E-state index is 15.1. The molecule has 2 nitrogen and oxygen atoms in total. The number of hydrogen-bond acceptors (Lipinski definition) is 2. The van der Waals surface area contributed by atoms with Gasteiger partial charge in [0.2, 0.25) is 5.67 Å². The van der Waals surface area contributed by atoms with Gasteiger partial charge in [0, 0.05) is 11.5 Å². The van der Waals surface area contributed by atoms with E-state index < -0.39 is 11.6 Å². The molecule has 3 heteroatoms. The summed E-state index contributed by atoms with van der Waals surface area (Å²) in [7, 11) is 1.24. The number of carbonyl (C=O) groups excluding carboxylic acids is 1. The first-order valence-electron chi connectivity index (χ1n) is 6.02. The molecule has 1 aliphatic rings. The van der Waals surface area contributed by atoms with Crippen LogP contribution in [0.1, 0.15) is 31.2 Å². The number of rotatable bonds is 3. The van der Waals surface area contributed by atoms with Crippen LogP contribution in [0.3, 0.4) is 0 Å².